The van der Waals surface area contributed by atoms with E-state index in [0.29, 0.717) is 5.56 Å². The molecule has 4 amide bonds. The van der Waals surface area contributed by atoms with E-state index in [1.165, 1.54) is 31.2 Å². The van der Waals surface area contributed by atoms with Gasteiger partial charge in [0.15, 0.2) is 0 Å². The van der Waals surface area contributed by atoms with E-state index in [0.717, 1.165) is 0 Å². The summed E-state index contributed by atoms with van der Waals surface area (Å²) >= 11 is 0. The highest BCUT2D eigenvalue weighted by atomic mass is 16.4. The second-order valence-corrected chi connectivity index (χ2v) is 7.02. The van der Waals surface area contributed by atoms with Crippen LogP contribution in [0.25, 0.3) is 0 Å². The second kappa shape index (κ2) is 12.2. The molecule has 1 aromatic carbocycles. The smallest absolute Gasteiger partial charge is 0.328 e. The molecule has 0 spiro atoms. The molecule has 0 fully saturated rings. The van der Waals surface area contributed by atoms with Gasteiger partial charge in [0.2, 0.25) is 23.6 Å². The van der Waals surface area contributed by atoms with Crippen LogP contribution in [0.15, 0.2) is 24.3 Å². The Bertz CT molecular complexity index is 845. The molecule has 0 saturated carbocycles. The van der Waals surface area contributed by atoms with Crippen molar-refractivity contribution in [3.05, 3.63) is 29.8 Å². The summed E-state index contributed by atoms with van der Waals surface area (Å²) in [6.07, 6.45) is -0.500. The van der Waals surface area contributed by atoms with Gasteiger partial charge in [-0.25, -0.2) is 4.79 Å². The summed E-state index contributed by atoms with van der Waals surface area (Å²) in [6, 6.07) is 0.484. The van der Waals surface area contributed by atoms with Crippen molar-refractivity contribution < 1.29 is 39.3 Å². The van der Waals surface area contributed by atoms with Gasteiger partial charge in [-0.3, -0.25) is 19.2 Å². The quantitative estimate of drug-likeness (QED) is 0.158. The predicted molar refractivity (Wildman–Crippen MR) is 110 cm³/mol. The first-order valence-corrected chi connectivity index (χ1v) is 9.51. The zero-order valence-corrected chi connectivity index (χ0v) is 17.3. The number of carbonyl (C=O) groups excluding carboxylic acids is 4. The lowest BCUT2D eigenvalue weighted by Gasteiger charge is -2.23. The molecule has 0 aliphatic heterocycles. The van der Waals surface area contributed by atoms with Crippen LogP contribution in [0, 0.1) is 0 Å². The normalized spacial score (nSPS) is 14.3. The molecule has 1 aromatic rings. The number of phenols is 1. The molecule has 0 aliphatic rings. The number of aliphatic carboxylic acids is 1. The minimum absolute atomic E-state index is 0.00979. The van der Waals surface area contributed by atoms with Gasteiger partial charge >= 0.3 is 5.97 Å². The van der Waals surface area contributed by atoms with E-state index in [1.54, 1.807) is 0 Å². The minimum atomic E-state index is -1.55. The number of amides is 4. The van der Waals surface area contributed by atoms with E-state index >= 15 is 0 Å². The summed E-state index contributed by atoms with van der Waals surface area (Å²) in [5.74, 6) is -4.78. The Labute approximate surface area is 183 Å². The van der Waals surface area contributed by atoms with E-state index in [4.69, 9.17) is 21.7 Å². The number of primary amides is 1. The van der Waals surface area contributed by atoms with Gasteiger partial charge in [0, 0.05) is 6.42 Å². The average Bonchev–Trinajstić information content (AvgIpc) is 2.71. The molecule has 0 radical (unpaired) electrons. The first kappa shape index (κ1) is 26.3. The molecule has 32 heavy (non-hydrogen) atoms. The van der Waals surface area contributed by atoms with Gasteiger partial charge in [-0.2, -0.15) is 0 Å². The fourth-order valence-electron chi connectivity index (χ4n) is 2.53. The number of nitrogens with one attached hydrogen (secondary N) is 3. The Hall–Kier alpha value is -3.71. The minimum Gasteiger partial charge on any atom is -0.508 e. The van der Waals surface area contributed by atoms with Gasteiger partial charge in [0.1, 0.15) is 23.9 Å². The number of aliphatic hydroxyl groups excluding tert-OH is 1. The predicted octanol–water partition coefficient (Wildman–Crippen LogP) is -3.31. The third-order valence-corrected chi connectivity index (χ3v) is 4.32. The molecule has 0 bridgehead atoms. The Morgan fingerprint density at radius 2 is 1.50 bits per heavy atom. The monoisotopic (exact) mass is 453 g/mol. The van der Waals surface area contributed by atoms with Crippen molar-refractivity contribution in [1.29, 1.82) is 0 Å². The van der Waals surface area contributed by atoms with Gasteiger partial charge in [0.25, 0.3) is 0 Å². The van der Waals surface area contributed by atoms with Crippen LogP contribution in [0.1, 0.15) is 18.9 Å². The third kappa shape index (κ3) is 8.57. The maximum atomic E-state index is 12.7. The van der Waals surface area contributed by atoms with Crippen molar-refractivity contribution in [1.82, 2.24) is 16.0 Å². The van der Waals surface area contributed by atoms with E-state index in [1.807, 2.05) is 0 Å². The largest absolute Gasteiger partial charge is 0.508 e. The Kier molecular flexibility index (Phi) is 10.1. The molecule has 4 unspecified atom stereocenters. The van der Waals surface area contributed by atoms with Crippen molar-refractivity contribution in [2.45, 2.75) is 43.9 Å². The molecule has 176 valence electrons. The van der Waals surface area contributed by atoms with Crippen LogP contribution >= 0.6 is 0 Å². The number of hydrogen-bond acceptors (Lipinski definition) is 8. The molecular weight excluding hydrogens is 426 g/mol. The van der Waals surface area contributed by atoms with E-state index in [-0.39, 0.29) is 12.2 Å². The number of carboxylic acid groups (broad SMARTS) is 1. The average molecular weight is 453 g/mol. The maximum Gasteiger partial charge on any atom is 0.328 e. The number of aliphatic hydroxyl groups is 1. The zero-order chi connectivity index (χ0) is 24.4. The van der Waals surface area contributed by atoms with Gasteiger partial charge in [-0.05, 0) is 24.6 Å². The fourth-order valence-corrected chi connectivity index (χ4v) is 2.53. The molecular formula is C19H27N5O8. The summed E-state index contributed by atoms with van der Waals surface area (Å²) < 4.78 is 0. The molecule has 0 saturated heterocycles. The number of nitrogens with two attached hydrogens (primary N) is 2. The zero-order valence-electron chi connectivity index (χ0n) is 17.3. The molecule has 0 heterocycles. The van der Waals surface area contributed by atoms with Gasteiger partial charge in [-0.15, -0.1) is 0 Å². The highest BCUT2D eigenvalue weighted by molar-refractivity contribution is 5.95. The molecule has 1 rings (SSSR count). The third-order valence-electron chi connectivity index (χ3n) is 4.32. The number of benzene rings is 1. The topological polar surface area (TPSA) is 234 Å². The Morgan fingerprint density at radius 1 is 0.938 bits per heavy atom. The van der Waals surface area contributed by atoms with Crippen LogP contribution in [0.3, 0.4) is 0 Å². The number of carbonyl (C=O) groups is 5. The molecule has 13 heteroatoms. The number of phenolic OH excluding ortho intramolecular Hbond substituents is 1. The van der Waals surface area contributed by atoms with Crippen LogP contribution in [-0.2, 0) is 30.4 Å². The number of rotatable bonds is 12. The van der Waals surface area contributed by atoms with Crippen LogP contribution in [-0.4, -0.2) is 75.7 Å². The van der Waals surface area contributed by atoms with Crippen LogP contribution in [0.5, 0.6) is 5.75 Å². The van der Waals surface area contributed by atoms with Gasteiger partial charge in [0.05, 0.1) is 19.1 Å². The first-order chi connectivity index (χ1) is 14.9. The van der Waals surface area contributed by atoms with Gasteiger partial charge < -0.3 is 42.7 Å². The van der Waals surface area contributed by atoms with Gasteiger partial charge in [-0.1, -0.05) is 12.1 Å². The highest BCUT2D eigenvalue weighted by Gasteiger charge is 2.28. The standard InChI is InChI=1S/C19H27N5O8/c1-9(16(28)24-14(8-25)19(31)32)22-18(30)13(6-10-2-4-11(26)5-3-10)23-17(29)12(20)7-15(21)27/h2-5,9,12-14,25-26H,6-8,20H2,1H3,(H2,21,27)(H,22,30)(H,23,29)(H,24,28)(H,31,32). The van der Waals surface area contributed by atoms with Crippen molar-refractivity contribution in [3.63, 3.8) is 0 Å². The van der Waals surface area contributed by atoms with Crippen molar-refractivity contribution in [3.8, 4) is 5.75 Å². The lowest BCUT2D eigenvalue weighted by Crippen LogP contribution is -2.57. The highest BCUT2D eigenvalue weighted by Crippen LogP contribution is 2.12. The van der Waals surface area contributed by atoms with Crippen LogP contribution < -0.4 is 27.4 Å². The van der Waals surface area contributed by atoms with Crippen molar-refractivity contribution in [2.24, 2.45) is 11.5 Å². The molecule has 0 aliphatic carbocycles. The summed E-state index contributed by atoms with van der Waals surface area (Å²) in [5.41, 5.74) is 11.2. The van der Waals surface area contributed by atoms with Crippen LogP contribution in [0.4, 0.5) is 0 Å². The number of hydrogen-bond donors (Lipinski definition) is 8. The van der Waals surface area contributed by atoms with Crippen molar-refractivity contribution >= 4 is 29.6 Å². The number of carboxylic acids is 1. The fraction of sp³-hybridized carbons (Fsp3) is 0.421. The maximum absolute atomic E-state index is 12.7. The first-order valence-electron chi connectivity index (χ1n) is 9.51. The van der Waals surface area contributed by atoms with E-state index in [9.17, 15) is 29.1 Å². The Balaban J connectivity index is 2.93. The summed E-state index contributed by atoms with van der Waals surface area (Å²) in [5, 5.41) is 34.1. The van der Waals surface area contributed by atoms with Crippen LogP contribution in [0.2, 0.25) is 0 Å². The molecule has 0 aromatic heterocycles. The summed E-state index contributed by atoms with van der Waals surface area (Å²) in [4.78, 5) is 59.1. The van der Waals surface area contributed by atoms with E-state index in [2.05, 4.69) is 16.0 Å². The van der Waals surface area contributed by atoms with Crippen molar-refractivity contribution in [2.75, 3.05) is 6.61 Å². The SMILES string of the molecule is CC(NC(=O)C(Cc1ccc(O)cc1)NC(=O)C(N)CC(N)=O)C(=O)NC(CO)C(=O)O. The molecule has 13 nitrogen and oxygen atoms in total. The molecule has 10 N–H and O–H groups in total. The molecule has 4 atom stereocenters. The lowest BCUT2D eigenvalue weighted by molar-refractivity contribution is -0.143. The summed E-state index contributed by atoms with van der Waals surface area (Å²) in [7, 11) is 0. The Morgan fingerprint density at radius 3 is 2.00 bits per heavy atom. The lowest BCUT2D eigenvalue weighted by atomic mass is 10.0. The number of aromatic hydroxyl groups is 1. The van der Waals surface area contributed by atoms with E-state index < -0.39 is 66.8 Å². The summed E-state index contributed by atoms with van der Waals surface area (Å²) in [6.45, 7) is 0.431. The second-order valence-electron chi connectivity index (χ2n) is 7.02.